The molecule has 2 aliphatic heterocycles. The molecule has 3 heterocycles. The number of carbonyl (C=O) groups is 1. The van der Waals surface area contributed by atoms with Crippen molar-refractivity contribution < 1.29 is 4.79 Å². The maximum atomic E-state index is 12.5. The number of likely N-dealkylation sites (tertiary alicyclic amines) is 1. The van der Waals surface area contributed by atoms with Crippen LogP contribution in [0.3, 0.4) is 0 Å². The van der Waals surface area contributed by atoms with E-state index in [0.717, 1.165) is 51.0 Å². The van der Waals surface area contributed by atoms with Crippen molar-refractivity contribution in [2.45, 2.75) is 58.0 Å². The Kier molecular flexibility index (Phi) is 10.7. The van der Waals surface area contributed by atoms with Crippen molar-refractivity contribution in [3.05, 3.63) is 21.9 Å². The maximum absolute atomic E-state index is 12.5. The maximum Gasteiger partial charge on any atom is 0.224 e. The van der Waals surface area contributed by atoms with Gasteiger partial charge >= 0.3 is 0 Å². The molecule has 1 unspecified atom stereocenters. The number of hydrogen-bond donors (Lipinski definition) is 2. The van der Waals surface area contributed by atoms with Crippen LogP contribution in [0.1, 0.15) is 49.5 Å². The fraction of sp³-hybridized carbons (Fsp3) is 0.714. The Morgan fingerprint density at radius 1 is 1.28 bits per heavy atom. The van der Waals surface area contributed by atoms with Crippen LogP contribution in [-0.2, 0) is 17.8 Å². The molecule has 1 saturated heterocycles. The van der Waals surface area contributed by atoms with Gasteiger partial charge in [0.25, 0.3) is 0 Å². The van der Waals surface area contributed by atoms with E-state index in [1.54, 1.807) is 18.4 Å². The Morgan fingerprint density at radius 3 is 2.90 bits per heavy atom. The summed E-state index contributed by atoms with van der Waals surface area (Å²) < 4.78 is 0. The average molecular weight is 534 g/mol. The summed E-state index contributed by atoms with van der Waals surface area (Å²) in [6.45, 7) is 7.85. The zero-order valence-electron chi connectivity index (χ0n) is 17.8. The number of nitrogens with one attached hydrogen (secondary N) is 2. The second kappa shape index (κ2) is 12.7. The van der Waals surface area contributed by atoms with Crippen LogP contribution >= 0.6 is 35.3 Å². The Bertz CT molecular complexity index is 665. The van der Waals surface area contributed by atoms with Gasteiger partial charge in [0.2, 0.25) is 5.91 Å². The van der Waals surface area contributed by atoms with E-state index in [1.807, 2.05) is 4.90 Å². The summed E-state index contributed by atoms with van der Waals surface area (Å²) >= 11 is 1.80. The summed E-state index contributed by atoms with van der Waals surface area (Å²) in [6.07, 6.45) is 6.64. The van der Waals surface area contributed by atoms with Crippen LogP contribution in [0.2, 0.25) is 0 Å². The first-order valence-corrected chi connectivity index (χ1v) is 11.6. The van der Waals surface area contributed by atoms with Crippen molar-refractivity contribution in [2.24, 2.45) is 4.99 Å². The van der Waals surface area contributed by atoms with Gasteiger partial charge in [-0.1, -0.05) is 6.42 Å². The minimum Gasteiger partial charge on any atom is -0.356 e. The molecule has 6 nitrogen and oxygen atoms in total. The number of rotatable bonds is 7. The van der Waals surface area contributed by atoms with Gasteiger partial charge in [-0.3, -0.25) is 9.79 Å². The number of amides is 1. The number of aliphatic imine (C=N–C) groups is 1. The standard InChI is InChI=1S/C21H35N5OS.HI/c1-17-6-3-4-12-25(17)13-5-10-23-21(22-2)24-11-7-20(27)26-14-8-19-18(16-26)9-15-28-19;/h9,15,17H,3-8,10-14,16H2,1-2H3,(H2,22,23,24);1H. The average Bonchev–Trinajstić information content (AvgIpc) is 3.18. The van der Waals surface area contributed by atoms with Gasteiger partial charge in [-0.05, 0) is 56.2 Å². The monoisotopic (exact) mass is 533 g/mol. The number of nitrogens with zero attached hydrogens (tertiary/aromatic N) is 3. The van der Waals surface area contributed by atoms with Crippen LogP contribution in [0.25, 0.3) is 0 Å². The van der Waals surface area contributed by atoms with Gasteiger partial charge in [0.1, 0.15) is 0 Å². The van der Waals surface area contributed by atoms with E-state index >= 15 is 0 Å². The molecule has 0 saturated carbocycles. The zero-order chi connectivity index (χ0) is 19.8. The molecule has 29 heavy (non-hydrogen) atoms. The molecule has 1 atom stereocenters. The first kappa shape index (κ1) is 24.4. The molecule has 3 rings (SSSR count). The number of thiophene rings is 1. The Balaban J connectivity index is 0.00000300. The van der Waals surface area contributed by atoms with Crippen LogP contribution in [-0.4, -0.2) is 67.5 Å². The van der Waals surface area contributed by atoms with Crippen molar-refractivity contribution in [1.29, 1.82) is 0 Å². The third-order valence-electron chi connectivity index (χ3n) is 5.87. The van der Waals surface area contributed by atoms with E-state index in [4.69, 9.17) is 0 Å². The molecule has 8 heteroatoms. The Labute approximate surface area is 196 Å². The molecule has 0 bridgehead atoms. The molecule has 1 fully saturated rings. The van der Waals surface area contributed by atoms with E-state index < -0.39 is 0 Å². The number of halogens is 1. The van der Waals surface area contributed by atoms with Crippen molar-refractivity contribution in [3.8, 4) is 0 Å². The minimum absolute atomic E-state index is 0. The second-order valence-corrected chi connectivity index (χ2v) is 8.85. The third-order valence-corrected chi connectivity index (χ3v) is 6.89. The number of guanidine groups is 1. The Hall–Kier alpha value is -0.870. The minimum atomic E-state index is 0. The van der Waals surface area contributed by atoms with Crippen LogP contribution in [0.15, 0.2) is 16.4 Å². The molecular weight excluding hydrogens is 497 g/mol. The lowest BCUT2D eigenvalue weighted by molar-refractivity contribution is -0.131. The zero-order valence-corrected chi connectivity index (χ0v) is 20.9. The molecule has 0 spiro atoms. The SMILES string of the molecule is CN=C(NCCCN1CCCCC1C)NCCC(=O)N1CCc2sccc2C1.I. The number of carbonyl (C=O) groups excluding carboxylic acids is 1. The smallest absolute Gasteiger partial charge is 0.224 e. The molecule has 0 aliphatic carbocycles. The molecule has 1 aromatic rings. The lowest BCUT2D eigenvalue weighted by Gasteiger charge is -2.33. The van der Waals surface area contributed by atoms with E-state index in [0.29, 0.717) is 13.0 Å². The molecule has 1 amide bonds. The van der Waals surface area contributed by atoms with Crippen molar-refractivity contribution in [1.82, 2.24) is 20.4 Å². The molecule has 2 N–H and O–H groups in total. The number of fused-ring (bicyclic) bond motifs is 1. The fourth-order valence-electron chi connectivity index (χ4n) is 4.11. The summed E-state index contributed by atoms with van der Waals surface area (Å²) in [7, 11) is 1.78. The normalized spacial score (nSPS) is 20.0. The third kappa shape index (κ3) is 7.40. The van der Waals surface area contributed by atoms with Crippen LogP contribution in [0, 0.1) is 0 Å². The molecule has 164 valence electrons. The molecule has 1 aromatic heterocycles. The molecule has 2 aliphatic rings. The van der Waals surface area contributed by atoms with Gasteiger partial charge in [-0.25, -0.2) is 0 Å². The Morgan fingerprint density at radius 2 is 2.10 bits per heavy atom. The van der Waals surface area contributed by atoms with Crippen molar-refractivity contribution >= 4 is 47.2 Å². The van der Waals surface area contributed by atoms with E-state index in [1.165, 1.54) is 36.2 Å². The van der Waals surface area contributed by atoms with Gasteiger partial charge in [0, 0.05) is 57.1 Å². The van der Waals surface area contributed by atoms with Crippen LogP contribution in [0.4, 0.5) is 0 Å². The van der Waals surface area contributed by atoms with Crippen molar-refractivity contribution in [3.63, 3.8) is 0 Å². The summed E-state index contributed by atoms with van der Waals surface area (Å²) in [5.41, 5.74) is 1.32. The van der Waals surface area contributed by atoms with Gasteiger partial charge in [0.15, 0.2) is 5.96 Å². The number of piperidine rings is 1. The van der Waals surface area contributed by atoms with E-state index in [-0.39, 0.29) is 29.9 Å². The molecular formula is C21H36IN5OS. The van der Waals surface area contributed by atoms with Gasteiger partial charge in [-0.2, -0.15) is 0 Å². The summed E-state index contributed by atoms with van der Waals surface area (Å²) in [5.74, 6) is 1.01. The lowest BCUT2D eigenvalue weighted by atomic mass is 10.0. The largest absolute Gasteiger partial charge is 0.356 e. The quantitative estimate of drug-likeness (QED) is 0.245. The second-order valence-electron chi connectivity index (χ2n) is 7.84. The van der Waals surface area contributed by atoms with Gasteiger partial charge < -0.3 is 20.4 Å². The highest BCUT2D eigenvalue weighted by atomic mass is 127. The highest BCUT2D eigenvalue weighted by Gasteiger charge is 2.21. The van der Waals surface area contributed by atoms with E-state index in [9.17, 15) is 4.79 Å². The summed E-state index contributed by atoms with van der Waals surface area (Å²) in [6, 6.07) is 2.87. The van der Waals surface area contributed by atoms with Gasteiger partial charge in [-0.15, -0.1) is 35.3 Å². The van der Waals surface area contributed by atoms with E-state index in [2.05, 4.69) is 38.9 Å². The first-order valence-electron chi connectivity index (χ1n) is 10.7. The van der Waals surface area contributed by atoms with Crippen LogP contribution in [0.5, 0.6) is 0 Å². The number of hydrogen-bond acceptors (Lipinski definition) is 4. The fourth-order valence-corrected chi connectivity index (χ4v) is 5.00. The molecule has 0 radical (unpaired) electrons. The topological polar surface area (TPSA) is 60.0 Å². The molecule has 0 aromatic carbocycles. The predicted octanol–water partition coefficient (Wildman–Crippen LogP) is 3.07. The predicted molar refractivity (Wildman–Crippen MR) is 132 cm³/mol. The first-order chi connectivity index (χ1) is 13.7. The van der Waals surface area contributed by atoms with Gasteiger partial charge in [0.05, 0.1) is 0 Å². The van der Waals surface area contributed by atoms with Crippen molar-refractivity contribution in [2.75, 3.05) is 39.8 Å². The highest BCUT2D eigenvalue weighted by molar-refractivity contribution is 14.0. The summed E-state index contributed by atoms with van der Waals surface area (Å²) in [5, 5.41) is 8.78. The lowest BCUT2D eigenvalue weighted by Crippen LogP contribution is -2.42. The van der Waals surface area contributed by atoms with Crippen LogP contribution < -0.4 is 10.6 Å². The highest BCUT2D eigenvalue weighted by Crippen LogP contribution is 2.24. The summed E-state index contributed by atoms with van der Waals surface area (Å²) in [4.78, 5) is 22.8.